The third-order valence-electron chi connectivity index (χ3n) is 4.70. The lowest BCUT2D eigenvalue weighted by Crippen LogP contribution is -2.66. The van der Waals surface area contributed by atoms with Gasteiger partial charge in [-0.25, -0.2) is 0 Å². The Morgan fingerprint density at radius 2 is 1.30 bits per heavy atom. The van der Waals surface area contributed by atoms with Crippen LogP contribution in [0.2, 0.25) is 5.04 Å². The number of hydrogen-bond acceptors (Lipinski definition) is 1. The fourth-order valence-electron chi connectivity index (χ4n) is 3.15. The third-order valence-corrected chi connectivity index (χ3v) is 9.70. The molecule has 2 aromatic rings. The SMILES string of the molecule is CC[C@H](C)CO[Si](c1ccccc1)(c1ccccc1)C(C)(C)C. The standard InChI is InChI=1S/C21H30OSi/c1-6-18(2)17-22-23(21(3,4)5,19-13-9-7-10-14-19)20-15-11-8-12-16-20/h7-16,18H,6,17H2,1-5H3/t18-/m0/s1. The highest BCUT2D eigenvalue weighted by molar-refractivity contribution is 6.99. The van der Waals surface area contributed by atoms with E-state index in [2.05, 4.69) is 95.3 Å². The van der Waals surface area contributed by atoms with Gasteiger partial charge in [0.25, 0.3) is 8.32 Å². The van der Waals surface area contributed by atoms with Crippen LogP contribution in [0.15, 0.2) is 60.7 Å². The van der Waals surface area contributed by atoms with Gasteiger partial charge < -0.3 is 4.43 Å². The van der Waals surface area contributed by atoms with E-state index in [-0.39, 0.29) is 5.04 Å². The molecule has 1 nitrogen and oxygen atoms in total. The molecule has 2 heteroatoms. The van der Waals surface area contributed by atoms with Crippen LogP contribution >= 0.6 is 0 Å². The van der Waals surface area contributed by atoms with Crippen LogP contribution in [0.1, 0.15) is 41.0 Å². The molecule has 0 aliphatic carbocycles. The van der Waals surface area contributed by atoms with E-state index in [1.54, 1.807) is 0 Å². The summed E-state index contributed by atoms with van der Waals surface area (Å²) >= 11 is 0. The summed E-state index contributed by atoms with van der Waals surface area (Å²) in [7, 11) is -2.33. The van der Waals surface area contributed by atoms with Gasteiger partial charge in [0.1, 0.15) is 0 Å². The van der Waals surface area contributed by atoms with Gasteiger partial charge in [-0.15, -0.1) is 0 Å². The maximum atomic E-state index is 6.86. The summed E-state index contributed by atoms with van der Waals surface area (Å²) in [5.74, 6) is 0.580. The van der Waals surface area contributed by atoms with Crippen LogP contribution < -0.4 is 10.4 Å². The molecule has 124 valence electrons. The fourth-order valence-corrected chi connectivity index (χ4v) is 7.84. The largest absolute Gasteiger partial charge is 0.407 e. The Hall–Kier alpha value is -1.38. The molecule has 0 radical (unpaired) electrons. The van der Waals surface area contributed by atoms with Crippen molar-refractivity contribution in [1.29, 1.82) is 0 Å². The van der Waals surface area contributed by atoms with Crippen molar-refractivity contribution in [2.75, 3.05) is 6.61 Å². The molecule has 0 bridgehead atoms. The Morgan fingerprint density at radius 1 is 0.870 bits per heavy atom. The average Bonchev–Trinajstić information content (AvgIpc) is 2.56. The van der Waals surface area contributed by atoms with Crippen LogP contribution in [0.5, 0.6) is 0 Å². The number of benzene rings is 2. The second-order valence-electron chi connectivity index (χ2n) is 7.49. The van der Waals surface area contributed by atoms with Gasteiger partial charge in [0.05, 0.1) is 0 Å². The summed E-state index contributed by atoms with van der Waals surface area (Å²) in [6, 6.07) is 21.7. The number of rotatable bonds is 6. The van der Waals surface area contributed by atoms with E-state index in [4.69, 9.17) is 4.43 Å². The average molecular weight is 327 g/mol. The first kappa shape index (κ1) is 18.0. The smallest absolute Gasteiger partial charge is 0.261 e. The molecule has 0 saturated heterocycles. The molecule has 0 aromatic heterocycles. The molecule has 0 saturated carbocycles. The van der Waals surface area contributed by atoms with Gasteiger partial charge in [-0.2, -0.15) is 0 Å². The van der Waals surface area contributed by atoms with Gasteiger partial charge in [0, 0.05) is 6.61 Å². The van der Waals surface area contributed by atoms with Gasteiger partial charge in [-0.1, -0.05) is 102 Å². The molecule has 0 fully saturated rings. The maximum Gasteiger partial charge on any atom is 0.261 e. The van der Waals surface area contributed by atoms with Crippen molar-refractivity contribution in [1.82, 2.24) is 0 Å². The normalized spacial score (nSPS) is 13.8. The van der Waals surface area contributed by atoms with Gasteiger partial charge in [-0.05, 0) is 21.3 Å². The first-order valence-electron chi connectivity index (χ1n) is 8.67. The van der Waals surface area contributed by atoms with Crippen LogP contribution in [0.3, 0.4) is 0 Å². The minimum absolute atomic E-state index is 0.0726. The molecule has 2 aromatic carbocycles. The summed E-state index contributed by atoms with van der Waals surface area (Å²) in [5.41, 5.74) is 0. The Labute approximate surface area is 142 Å². The van der Waals surface area contributed by atoms with Gasteiger partial charge in [0.2, 0.25) is 0 Å². The zero-order valence-corrected chi connectivity index (χ0v) is 16.2. The van der Waals surface area contributed by atoms with E-state index in [0.29, 0.717) is 5.92 Å². The van der Waals surface area contributed by atoms with Crippen molar-refractivity contribution in [3.05, 3.63) is 60.7 Å². The molecule has 23 heavy (non-hydrogen) atoms. The summed E-state index contributed by atoms with van der Waals surface area (Å²) < 4.78 is 6.86. The monoisotopic (exact) mass is 326 g/mol. The molecular formula is C21H30OSi. The van der Waals surface area contributed by atoms with Crippen molar-refractivity contribution in [3.8, 4) is 0 Å². The molecule has 0 spiro atoms. The van der Waals surface area contributed by atoms with Crippen molar-refractivity contribution >= 4 is 18.7 Å². The summed E-state index contributed by atoms with van der Waals surface area (Å²) in [4.78, 5) is 0. The lowest BCUT2D eigenvalue weighted by atomic mass is 10.1. The lowest BCUT2D eigenvalue weighted by molar-refractivity contribution is 0.242. The Bertz CT molecular complexity index is 547. The van der Waals surface area contributed by atoms with Gasteiger partial charge >= 0.3 is 0 Å². The summed E-state index contributed by atoms with van der Waals surface area (Å²) in [5, 5.41) is 2.80. The fraction of sp³-hybridized carbons (Fsp3) is 0.429. The van der Waals surface area contributed by atoms with Crippen LogP contribution in [-0.2, 0) is 4.43 Å². The molecule has 0 aliphatic rings. The first-order valence-corrected chi connectivity index (χ1v) is 10.6. The Kier molecular flexibility index (Phi) is 5.82. The van der Waals surface area contributed by atoms with E-state index in [1.807, 2.05) is 0 Å². The molecule has 2 rings (SSSR count). The summed E-state index contributed by atoms with van der Waals surface area (Å²) in [6.45, 7) is 12.3. The predicted octanol–water partition coefficient (Wildman–Crippen LogP) is 4.61. The lowest BCUT2D eigenvalue weighted by Gasteiger charge is -2.43. The molecular weight excluding hydrogens is 296 g/mol. The van der Waals surface area contributed by atoms with Crippen molar-refractivity contribution in [2.24, 2.45) is 5.92 Å². The van der Waals surface area contributed by atoms with Crippen molar-refractivity contribution < 1.29 is 4.43 Å². The van der Waals surface area contributed by atoms with Gasteiger partial charge in [0.15, 0.2) is 0 Å². The Morgan fingerprint density at radius 3 is 1.65 bits per heavy atom. The number of hydrogen-bond donors (Lipinski definition) is 0. The van der Waals surface area contributed by atoms with Crippen LogP contribution in [0.25, 0.3) is 0 Å². The highest BCUT2D eigenvalue weighted by Gasteiger charge is 2.50. The van der Waals surface area contributed by atoms with E-state index >= 15 is 0 Å². The van der Waals surface area contributed by atoms with E-state index in [0.717, 1.165) is 13.0 Å². The molecule has 1 atom stereocenters. The van der Waals surface area contributed by atoms with E-state index in [1.165, 1.54) is 10.4 Å². The molecule has 0 unspecified atom stereocenters. The quantitative estimate of drug-likeness (QED) is 0.704. The minimum Gasteiger partial charge on any atom is -0.407 e. The second kappa shape index (κ2) is 7.46. The predicted molar refractivity (Wildman–Crippen MR) is 103 cm³/mol. The second-order valence-corrected chi connectivity index (χ2v) is 11.8. The van der Waals surface area contributed by atoms with Gasteiger partial charge in [-0.3, -0.25) is 0 Å². The highest BCUT2D eigenvalue weighted by Crippen LogP contribution is 2.37. The molecule has 0 heterocycles. The van der Waals surface area contributed by atoms with Crippen molar-refractivity contribution in [3.63, 3.8) is 0 Å². The zero-order valence-electron chi connectivity index (χ0n) is 15.2. The van der Waals surface area contributed by atoms with Crippen LogP contribution in [-0.4, -0.2) is 14.9 Å². The van der Waals surface area contributed by atoms with E-state index < -0.39 is 8.32 Å². The van der Waals surface area contributed by atoms with Crippen molar-refractivity contribution in [2.45, 2.75) is 46.1 Å². The maximum absolute atomic E-state index is 6.86. The molecule has 0 N–H and O–H groups in total. The zero-order chi connectivity index (χ0) is 16.9. The third kappa shape index (κ3) is 3.76. The van der Waals surface area contributed by atoms with E-state index in [9.17, 15) is 0 Å². The highest BCUT2D eigenvalue weighted by atomic mass is 28.4. The molecule has 0 aliphatic heterocycles. The van der Waals surface area contributed by atoms with Crippen LogP contribution in [0.4, 0.5) is 0 Å². The topological polar surface area (TPSA) is 9.23 Å². The summed E-state index contributed by atoms with van der Waals surface area (Å²) in [6.07, 6.45) is 1.15. The molecule has 0 amide bonds. The van der Waals surface area contributed by atoms with Crippen LogP contribution in [0, 0.1) is 5.92 Å². The minimum atomic E-state index is -2.33. The first-order chi connectivity index (χ1) is 10.9. The Balaban J connectivity index is 2.60.